The lowest BCUT2D eigenvalue weighted by molar-refractivity contribution is 0.00578. The van der Waals surface area contributed by atoms with Crippen LogP contribution in [0.5, 0.6) is 0 Å². The molecule has 7 heteroatoms. The third kappa shape index (κ3) is 2.64. The number of fused-ring (bicyclic) bond motifs is 1. The minimum Gasteiger partial charge on any atom is -0.461 e. The van der Waals surface area contributed by atoms with E-state index in [1.54, 1.807) is 17.7 Å². The van der Waals surface area contributed by atoms with Gasteiger partial charge in [0.2, 0.25) is 0 Å². The molecule has 1 aliphatic rings. The van der Waals surface area contributed by atoms with Crippen molar-refractivity contribution in [1.82, 2.24) is 9.38 Å². The van der Waals surface area contributed by atoms with Crippen molar-refractivity contribution in [3.05, 3.63) is 30.4 Å². The summed E-state index contributed by atoms with van der Waals surface area (Å²) in [6, 6.07) is 3.72. The second kappa shape index (κ2) is 5.35. The van der Waals surface area contributed by atoms with Gasteiger partial charge in [0.15, 0.2) is 5.69 Å². The van der Waals surface area contributed by atoms with E-state index in [1.807, 2.05) is 46.0 Å². The number of imidazole rings is 1. The molecule has 0 bridgehead atoms. The Kier molecular flexibility index (Phi) is 3.73. The van der Waals surface area contributed by atoms with Crippen molar-refractivity contribution in [2.45, 2.75) is 45.8 Å². The van der Waals surface area contributed by atoms with Gasteiger partial charge in [0.25, 0.3) is 0 Å². The minimum absolute atomic E-state index is 0.312. The van der Waals surface area contributed by atoms with Gasteiger partial charge in [-0.1, -0.05) is 6.07 Å². The highest BCUT2D eigenvalue weighted by Gasteiger charge is 2.51. The van der Waals surface area contributed by atoms with Crippen LogP contribution in [-0.2, 0) is 14.0 Å². The lowest BCUT2D eigenvalue weighted by atomic mass is 9.80. The number of hydrogen-bond donors (Lipinski definition) is 0. The molecule has 3 heterocycles. The maximum Gasteiger partial charge on any atom is 0.496 e. The monoisotopic (exact) mass is 316 g/mol. The number of rotatable bonds is 3. The molecule has 2 aromatic rings. The Morgan fingerprint density at radius 3 is 2.52 bits per heavy atom. The van der Waals surface area contributed by atoms with Crippen molar-refractivity contribution in [3.8, 4) is 0 Å². The number of hydrogen-bond acceptors (Lipinski definition) is 5. The molecule has 6 nitrogen and oxygen atoms in total. The van der Waals surface area contributed by atoms with E-state index in [0.29, 0.717) is 17.8 Å². The maximum atomic E-state index is 11.9. The van der Waals surface area contributed by atoms with Gasteiger partial charge in [0.05, 0.1) is 23.3 Å². The highest BCUT2D eigenvalue weighted by Crippen LogP contribution is 2.36. The maximum absolute atomic E-state index is 11.9. The number of ether oxygens (including phenoxy) is 1. The molecule has 0 aromatic carbocycles. The van der Waals surface area contributed by atoms with Gasteiger partial charge < -0.3 is 18.4 Å². The molecule has 0 saturated carbocycles. The van der Waals surface area contributed by atoms with Crippen LogP contribution in [-0.4, -0.2) is 40.3 Å². The van der Waals surface area contributed by atoms with Crippen LogP contribution in [0.15, 0.2) is 24.7 Å². The lowest BCUT2D eigenvalue weighted by Crippen LogP contribution is -2.41. The summed E-state index contributed by atoms with van der Waals surface area (Å²) in [5, 5.41) is 0. The van der Waals surface area contributed by atoms with Crippen LogP contribution in [0.3, 0.4) is 0 Å². The molecule has 0 aliphatic carbocycles. The fraction of sp³-hybridized carbons (Fsp3) is 0.500. The third-order valence-corrected chi connectivity index (χ3v) is 4.55. The zero-order valence-electron chi connectivity index (χ0n) is 14.1. The van der Waals surface area contributed by atoms with Crippen LogP contribution in [0.25, 0.3) is 5.52 Å². The largest absolute Gasteiger partial charge is 0.496 e. The zero-order chi connectivity index (χ0) is 16.8. The number of aromatic nitrogens is 2. The van der Waals surface area contributed by atoms with E-state index in [9.17, 15) is 4.79 Å². The Balaban J connectivity index is 1.92. The van der Waals surface area contributed by atoms with E-state index in [2.05, 4.69) is 4.98 Å². The molecule has 0 radical (unpaired) electrons. The van der Waals surface area contributed by atoms with Crippen LogP contribution < -0.4 is 5.46 Å². The molecule has 122 valence electrons. The molecule has 2 aromatic heterocycles. The van der Waals surface area contributed by atoms with Crippen molar-refractivity contribution in [1.29, 1.82) is 0 Å². The SMILES string of the molecule is CCOC(=O)c1ncn2cc(B3OC(C)(C)C(C)(C)O3)ccc12. The van der Waals surface area contributed by atoms with Gasteiger partial charge >= 0.3 is 13.1 Å². The standard InChI is InChI=1S/C16H21BN2O4/c1-6-21-14(20)13-12-8-7-11(9-19(12)10-18-13)17-22-15(2,3)16(4,5)23-17/h7-10H,6H2,1-5H3. The van der Waals surface area contributed by atoms with E-state index >= 15 is 0 Å². The Morgan fingerprint density at radius 1 is 1.26 bits per heavy atom. The highest BCUT2D eigenvalue weighted by molar-refractivity contribution is 6.62. The second-order valence-corrected chi connectivity index (χ2v) is 6.66. The van der Waals surface area contributed by atoms with Gasteiger partial charge in [0.1, 0.15) is 6.33 Å². The zero-order valence-corrected chi connectivity index (χ0v) is 14.1. The first-order valence-electron chi connectivity index (χ1n) is 7.74. The van der Waals surface area contributed by atoms with Crippen molar-refractivity contribution in [2.24, 2.45) is 0 Å². The summed E-state index contributed by atoms with van der Waals surface area (Å²) >= 11 is 0. The smallest absolute Gasteiger partial charge is 0.461 e. The number of carbonyl (C=O) groups is 1. The Labute approximate surface area is 135 Å². The molecule has 0 unspecified atom stereocenters. The van der Waals surface area contributed by atoms with Gasteiger partial charge in [-0.2, -0.15) is 0 Å². The van der Waals surface area contributed by atoms with E-state index in [1.165, 1.54) is 0 Å². The molecule has 1 fully saturated rings. The molecular weight excluding hydrogens is 295 g/mol. The van der Waals surface area contributed by atoms with Crippen LogP contribution in [0.2, 0.25) is 0 Å². The molecule has 1 saturated heterocycles. The van der Waals surface area contributed by atoms with Gasteiger partial charge in [-0.05, 0) is 46.1 Å². The first-order valence-corrected chi connectivity index (χ1v) is 7.74. The fourth-order valence-electron chi connectivity index (χ4n) is 2.49. The topological polar surface area (TPSA) is 62.1 Å². The first-order chi connectivity index (χ1) is 10.7. The van der Waals surface area contributed by atoms with Gasteiger partial charge in [0, 0.05) is 6.20 Å². The number of nitrogens with zero attached hydrogens (tertiary/aromatic N) is 2. The van der Waals surface area contributed by atoms with Crippen LogP contribution in [0.1, 0.15) is 45.1 Å². The van der Waals surface area contributed by atoms with Crippen LogP contribution in [0, 0.1) is 0 Å². The lowest BCUT2D eigenvalue weighted by Gasteiger charge is -2.32. The van der Waals surface area contributed by atoms with Crippen LogP contribution in [0.4, 0.5) is 0 Å². The molecule has 1 aliphatic heterocycles. The third-order valence-electron chi connectivity index (χ3n) is 4.55. The molecule has 0 amide bonds. The quantitative estimate of drug-likeness (QED) is 0.638. The first kappa shape index (κ1) is 16.0. The average Bonchev–Trinajstić information content (AvgIpc) is 2.97. The number of pyridine rings is 1. The van der Waals surface area contributed by atoms with Gasteiger partial charge in [-0.15, -0.1) is 0 Å². The second-order valence-electron chi connectivity index (χ2n) is 6.66. The predicted octanol–water partition coefficient (Wildman–Crippen LogP) is 1.81. The Hall–Kier alpha value is -1.86. The molecule has 0 spiro atoms. The predicted molar refractivity (Wildman–Crippen MR) is 86.9 cm³/mol. The van der Waals surface area contributed by atoms with Crippen molar-refractivity contribution in [2.75, 3.05) is 6.61 Å². The Bertz CT molecular complexity index is 738. The van der Waals surface area contributed by atoms with E-state index in [0.717, 1.165) is 5.46 Å². The summed E-state index contributed by atoms with van der Waals surface area (Å²) in [6.45, 7) is 10.2. The highest BCUT2D eigenvalue weighted by atomic mass is 16.7. The summed E-state index contributed by atoms with van der Waals surface area (Å²) in [5.41, 5.74) is 1.11. The summed E-state index contributed by atoms with van der Waals surface area (Å²) in [5.74, 6) is -0.418. The average molecular weight is 316 g/mol. The minimum atomic E-state index is -0.446. The molecule has 0 atom stereocenters. The van der Waals surface area contributed by atoms with E-state index in [4.69, 9.17) is 14.0 Å². The summed E-state index contributed by atoms with van der Waals surface area (Å²) in [4.78, 5) is 16.0. The molecular formula is C16H21BN2O4. The van der Waals surface area contributed by atoms with Crippen molar-refractivity contribution < 1.29 is 18.8 Å². The van der Waals surface area contributed by atoms with E-state index < -0.39 is 24.3 Å². The number of carbonyl (C=O) groups excluding carboxylic acids is 1. The summed E-state index contributed by atoms with van der Waals surface area (Å²) in [7, 11) is -0.446. The van der Waals surface area contributed by atoms with Crippen molar-refractivity contribution >= 4 is 24.1 Å². The van der Waals surface area contributed by atoms with Gasteiger partial charge in [-0.25, -0.2) is 9.78 Å². The number of esters is 1. The van der Waals surface area contributed by atoms with E-state index in [-0.39, 0.29) is 0 Å². The summed E-state index contributed by atoms with van der Waals surface area (Å²) < 4.78 is 18.9. The van der Waals surface area contributed by atoms with Gasteiger partial charge in [-0.3, -0.25) is 0 Å². The fourth-order valence-corrected chi connectivity index (χ4v) is 2.49. The summed E-state index contributed by atoms with van der Waals surface area (Å²) in [6.07, 6.45) is 3.46. The molecule has 0 N–H and O–H groups in total. The van der Waals surface area contributed by atoms with Crippen molar-refractivity contribution in [3.63, 3.8) is 0 Å². The Morgan fingerprint density at radius 2 is 1.91 bits per heavy atom. The molecule has 3 rings (SSSR count). The molecule has 23 heavy (non-hydrogen) atoms. The normalized spacial score (nSPS) is 19.3. The van der Waals surface area contributed by atoms with Crippen LogP contribution >= 0.6 is 0 Å².